The molecule has 3 saturated heterocycles. The first-order valence-electron chi connectivity index (χ1n) is 18.0. The molecule has 3 fully saturated rings. The van der Waals surface area contributed by atoms with Crippen LogP contribution in [0.4, 0.5) is 16.2 Å². The first-order valence-corrected chi connectivity index (χ1v) is 18.0. The predicted octanol–water partition coefficient (Wildman–Crippen LogP) is 6.77. The number of hydrogen-bond acceptors (Lipinski definition) is 10. The summed E-state index contributed by atoms with van der Waals surface area (Å²) in [7, 11) is 0. The Morgan fingerprint density at radius 3 is 2.30 bits per heavy atom. The lowest BCUT2D eigenvalue weighted by Crippen LogP contribution is -2.46. The van der Waals surface area contributed by atoms with E-state index in [1.807, 2.05) is 13.8 Å². The second kappa shape index (κ2) is 19.0. The standard InChI is InChI=1S/C35H58N4O8/c1-4-5-6-7-8-9-10-11-12-16-25-43-27-35-32(46-34(2,3)47-35)31(30(45-35)26-36-21-24-38-22-14-13-15-23-38)44-33(40)37-28-17-19-29(20-18-28)39(41)42/h17-20,30-32,36H,4-16,21-27H2,1-3H3,(H,37,40)/t30-,31+,32-,35-/m0/s1. The van der Waals surface area contributed by atoms with Gasteiger partial charge in [0.2, 0.25) is 5.79 Å². The van der Waals surface area contributed by atoms with Gasteiger partial charge in [-0.15, -0.1) is 0 Å². The summed E-state index contributed by atoms with van der Waals surface area (Å²) in [6.45, 7) is 11.0. The third-order valence-electron chi connectivity index (χ3n) is 9.19. The molecule has 0 unspecified atom stereocenters. The highest BCUT2D eigenvalue weighted by atomic mass is 16.9. The van der Waals surface area contributed by atoms with Gasteiger partial charge in [0.05, 0.1) is 4.92 Å². The minimum Gasteiger partial charge on any atom is -0.440 e. The Balaban J connectivity index is 1.31. The van der Waals surface area contributed by atoms with Crippen molar-refractivity contribution in [1.29, 1.82) is 0 Å². The van der Waals surface area contributed by atoms with E-state index in [0.29, 0.717) is 18.8 Å². The van der Waals surface area contributed by atoms with Gasteiger partial charge in [-0.2, -0.15) is 0 Å². The van der Waals surface area contributed by atoms with Gasteiger partial charge in [0.25, 0.3) is 5.69 Å². The van der Waals surface area contributed by atoms with Crippen LogP contribution in [0.5, 0.6) is 0 Å². The van der Waals surface area contributed by atoms with E-state index in [2.05, 4.69) is 22.5 Å². The minimum absolute atomic E-state index is 0.0647. The number of piperidine rings is 1. The molecule has 47 heavy (non-hydrogen) atoms. The van der Waals surface area contributed by atoms with Crippen LogP contribution < -0.4 is 10.6 Å². The predicted molar refractivity (Wildman–Crippen MR) is 180 cm³/mol. The van der Waals surface area contributed by atoms with Crippen LogP contribution in [0, 0.1) is 10.1 Å². The Bertz CT molecular complexity index is 1080. The Morgan fingerprint density at radius 2 is 1.64 bits per heavy atom. The quantitative estimate of drug-likeness (QED) is 0.0825. The van der Waals surface area contributed by atoms with Crippen LogP contribution >= 0.6 is 0 Å². The second-order valence-electron chi connectivity index (χ2n) is 13.6. The summed E-state index contributed by atoms with van der Waals surface area (Å²) in [5.41, 5.74) is 0.316. The van der Waals surface area contributed by atoms with E-state index < -0.39 is 40.9 Å². The molecule has 1 amide bonds. The highest BCUT2D eigenvalue weighted by Gasteiger charge is 2.66. The summed E-state index contributed by atoms with van der Waals surface area (Å²) in [6.07, 6.45) is 13.5. The zero-order chi connectivity index (χ0) is 33.5. The molecule has 0 aliphatic carbocycles. The number of benzene rings is 1. The molecule has 12 heteroatoms. The molecule has 0 aromatic heterocycles. The van der Waals surface area contributed by atoms with Crippen LogP contribution in [0.3, 0.4) is 0 Å². The molecular formula is C35H58N4O8. The Hall–Kier alpha value is -2.35. The first kappa shape index (κ1) is 37.5. The molecular weight excluding hydrogens is 604 g/mol. The highest BCUT2D eigenvalue weighted by molar-refractivity contribution is 5.84. The normalized spacial score (nSPS) is 25.5. The molecule has 3 heterocycles. The number of fused-ring (bicyclic) bond motifs is 1. The van der Waals surface area contributed by atoms with Crippen molar-refractivity contribution >= 4 is 17.5 Å². The molecule has 0 spiro atoms. The van der Waals surface area contributed by atoms with E-state index in [0.717, 1.165) is 39.0 Å². The molecule has 0 bridgehead atoms. The van der Waals surface area contributed by atoms with Crippen LogP contribution in [0.2, 0.25) is 0 Å². The molecule has 3 aliphatic heterocycles. The number of hydrogen-bond donors (Lipinski definition) is 2. The number of nitrogens with zero attached hydrogens (tertiary/aromatic N) is 2. The number of ether oxygens (including phenoxy) is 5. The average Bonchev–Trinajstić information content (AvgIpc) is 3.46. The average molecular weight is 663 g/mol. The summed E-state index contributed by atoms with van der Waals surface area (Å²) < 4.78 is 31.4. The van der Waals surface area contributed by atoms with Crippen molar-refractivity contribution in [2.45, 2.75) is 134 Å². The van der Waals surface area contributed by atoms with E-state index in [1.54, 1.807) is 0 Å². The van der Waals surface area contributed by atoms with E-state index in [9.17, 15) is 14.9 Å². The molecule has 0 radical (unpaired) electrons. The highest BCUT2D eigenvalue weighted by Crippen LogP contribution is 2.46. The maximum Gasteiger partial charge on any atom is 0.412 e. The van der Waals surface area contributed by atoms with Gasteiger partial charge >= 0.3 is 6.09 Å². The number of rotatable bonds is 21. The van der Waals surface area contributed by atoms with Gasteiger partial charge in [0.15, 0.2) is 18.0 Å². The molecule has 266 valence electrons. The van der Waals surface area contributed by atoms with Crippen molar-refractivity contribution < 1.29 is 33.4 Å². The van der Waals surface area contributed by atoms with Crippen molar-refractivity contribution in [3.63, 3.8) is 0 Å². The van der Waals surface area contributed by atoms with Crippen molar-refractivity contribution in [2.24, 2.45) is 0 Å². The van der Waals surface area contributed by atoms with Gasteiger partial charge in [0, 0.05) is 44.1 Å². The van der Waals surface area contributed by atoms with Crippen molar-refractivity contribution in [2.75, 3.05) is 51.3 Å². The van der Waals surface area contributed by atoms with Crippen molar-refractivity contribution in [3.8, 4) is 0 Å². The second-order valence-corrected chi connectivity index (χ2v) is 13.6. The Kier molecular flexibility index (Phi) is 15.1. The fourth-order valence-electron chi connectivity index (χ4n) is 6.77. The maximum atomic E-state index is 13.1. The zero-order valence-corrected chi connectivity index (χ0v) is 28.8. The summed E-state index contributed by atoms with van der Waals surface area (Å²) >= 11 is 0. The van der Waals surface area contributed by atoms with E-state index in [1.165, 1.54) is 94.9 Å². The fraction of sp³-hybridized carbons (Fsp3) is 0.800. The number of nitrogens with one attached hydrogen (secondary N) is 2. The number of non-ortho nitro benzene ring substituents is 1. The number of unbranched alkanes of at least 4 members (excludes halogenated alkanes) is 9. The molecule has 3 aliphatic rings. The van der Waals surface area contributed by atoms with Gasteiger partial charge in [-0.25, -0.2) is 4.79 Å². The minimum atomic E-state index is -1.22. The third kappa shape index (κ3) is 11.9. The number of likely N-dealkylation sites (tertiary alicyclic amines) is 1. The Morgan fingerprint density at radius 1 is 0.979 bits per heavy atom. The lowest BCUT2D eigenvalue weighted by molar-refractivity contribution is -0.384. The number of carbonyl (C=O) groups is 1. The van der Waals surface area contributed by atoms with E-state index in [-0.39, 0.29) is 12.3 Å². The van der Waals surface area contributed by atoms with Crippen LogP contribution in [0.1, 0.15) is 104 Å². The van der Waals surface area contributed by atoms with E-state index in [4.69, 9.17) is 23.7 Å². The van der Waals surface area contributed by atoms with Gasteiger partial charge < -0.3 is 33.9 Å². The van der Waals surface area contributed by atoms with Crippen LogP contribution in [0.25, 0.3) is 0 Å². The molecule has 4 rings (SSSR count). The molecule has 12 nitrogen and oxygen atoms in total. The zero-order valence-electron chi connectivity index (χ0n) is 28.8. The summed E-state index contributed by atoms with van der Waals surface area (Å²) in [5.74, 6) is -2.19. The molecule has 1 aromatic carbocycles. The SMILES string of the molecule is CCCCCCCCCCCCOC[C@@]12O[C@@H](CNCCN3CCCCC3)[C@@H](OC(=O)Nc3ccc([N+](=O)[O-])cc3)[C@@H]1OC(C)(C)O2. The van der Waals surface area contributed by atoms with Gasteiger partial charge in [-0.3, -0.25) is 15.4 Å². The van der Waals surface area contributed by atoms with Crippen LogP contribution in [-0.2, 0) is 23.7 Å². The monoisotopic (exact) mass is 662 g/mol. The first-order chi connectivity index (χ1) is 22.7. The number of amides is 1. The van der Waals surface area contributed by atoms with Crippen LogP contribution in [0.15, 0.2) is 24.3 Å². The lowest BCUT2D eigenvalue weighted by Gasteiger charge is -2.29. The number of anilines is 1. The summed E-state index contributed by atoms with van der Waals surface area (Å²) in [5, 5.41) is 17.2. The van der Waals surface area contributed by atoms with Gasteiger partial charge in [-0.1, -0.05) is 71.1 Å². The number of nitro benzene ring substituents is 1. The summed E-state index contributed by atoms with van der Waals surface area (Å²) in [4.78, 5) is 26.1. The molecule has 2 N–H and O–H groups in total. The molecule has 4 atom stereocenters. The van der Waals surface area contributed by atoms with Crippen molar-refractivity contribution in [3.05, 3.63) is 34.4 Å². The number of nitro groups is 1. The van der Waals surface area contributed by atoms with Crippen molar-refractivity contribution in [1.82, 2.24) is 10.2 Å². The Labute approximate surface area is 280 Å². The molecule has 0 saturated carbocycles. The summed E-state index contributed by atoms with van der Waals surface area (Å²) in [6, 6.07) is 5.59. The largest absolute Gasteiger partial charge is 0.440 e. The smallest absolute Gasteiger partial charge is 0.412 e. The van der Waals surface area contributed by atoms with Crippen LogP contribution in [-0.4, -0.2) is 91.7 Å². The maximum absolute atomic E-state index is 13.1. The van der Waals surface area contributed by atoms with Gasteiger partial charge in [0.1, 0.15) is 12.7 Å². The van der Waals surface area contributed by atoms with E-state index >= 15 is 0 Å². The van der Waals surface area contributed by atoms with Gasteiger partial charge in [-0.05, 0) is 58.3 Å². The fourth-order valence-corrected chi connectivity index (χ4v) is 6.77. The number of carbonyl (C=O) groups excluding carboxylic acids is 1. The third-order valence-corrected chi connectivity index (χ3v) is 9.19. The lowest BCUT2D eigenvalue weighted by atomic mass is 10.1. The molecule has 1 aromatic rings. The topological polar surface area (TPSA) is 134 Å².